The van der Waals surface area contributed by atoms with Gasteiger partial charge in [-0.05, 0) is 30.7 Å². The van der Waals surface area contributed by atoms with Crippen LogP contribution in [0.5, 0.6) is 11.5 Å². The Kier molecular flexibility index (Phi) is 3.37. The molecule has 0 bridgehead atoms. The van der Waals surface area contributed by atoms with Gasteiger partial charge in [0.05, 0.1) is 17.7 Å². The first kappa shape index (κ1) is 12.7. The van der Waals surface area contributed by atoms with E-state index in [1.807, 2.05) is 31.2 Å². The maximum Gasteiger partial charge on any atom is 0.172 e. The summed E-state index contributed by atoms with van der Waals surface area (Å²) in [7, 11) is 0. The van der Waals surface area contributed by atoms with E-state index in [1.54, 1.807) is 12.3 Å². The van der Waals surface area contributed by atoms with Crippen molar-refractivity contribution in [1.82, 2.24) is 4.98 Å². The van der Waals surface area contributed by atoms with Gasteiger partial charge >= 0.3 is 0 Å². The number of carbonyl (C=O) groups is 1. The van der Waals surface area contributed by atoms with Crippen molar-refractivity contribution in [3.05, 3.63) is 53.3 Å². The van der Waals surface area contributed by atoms with Crippen LogP contribution in [-0.4, -0.2) is 24.0 Å². The molecule has 0 saturated carbocycles. The van der Waals surface area contributed by atoms with Crippen LogP contribution >= 0.6 is 0 Å². The Balaban J connectivity index is 1.90. The van der Waals surface area contributed by atoms with Gasteiger partial charge in [-0.3, -0.25) is 9.78 Å². The zero-order chi connectivity index (χ0) is 13.9. The third kappa shape index (κ3) is 2.37. The molecule has 0 amide bonds. The predicted octanol–water partition coefficient (Wildman–Crippen LogP) is 2.59. The summed E-state index contributed by atoms with van der Waals surface area (Å²) >= 11 is 0. The molecule has 2 aromatic rings. The molecule has 102 valence electrons. The summed E-state index contributed by atoms with van der Waals surface area (Å²) in [6, 6.07) is 9.22. The number of hydrogen-bond acceptors (Lipinski definition) is 4. The van der Waals surface area contributed by atoms with E-state index in [9.17, 15) is 4.79 Å². The summed E-state index contributed by atoms with van der Waals surface area (Å²) in [4.78, 5) is 16.7. The molecule has 4 heteroatoms. The van der Waals surface area contributed by atoms with Crippen LogP contribution in [0.15, 0.2) is 36.5 Å². The van der Waals surface area contributed by atoms with Crippen molar-refractivity contribution in [3.8, 4) is 11.5 Å². The summed E-state index contributed by atoms with van der Waals surface area (Å²) in [6.07, 6.45) is 1.97. The van der Waals surface area contributed by atoms with Gasteiger partial charge in [0.1, 0.15) is 13.2 Å². The first-order valence-corrected chi connectivity index (χ1v) is 6.58. The van der Waals surface area contributed by atoms with E-state index in [2.05, 4.69) is 4.98 Å². The van der Waals surface area contributed by atoms with E-state index in [4.69, 9.17) is 9.47 Å². The number of benzene rings is 1. The number of pyridine rings is 1. The summed E-state index contributed by atoms with van der Waals surface area (Å²) in [6.45, 7) is 2.94. The molecule has 4 nitrogen and oxygen atoms in total. The van der Waals surface area contributed by atoms with Gasteiger partial charge in [0.2, 0.25) is 0 Å². The van der Waals surface area contributed by atoms with E-state index in [1.165, 1.54) is 0 Å². The first-order valence-electron chi connectivity index (χ1n) is 6.58. The zero-order valence-corrected chi connectivity index (χ0v) is 11.3. The van der Waals surface area contributed by atoms with Gasteiger partial charge in [-0.15, -0.1) is 0 Å². The highest BCUT2D eigenvalue weighted by atomic mass is 16.6. The normalized spacial score (nSPS) is 13.1. The number of rotatable bonds is 3. The molecule has 0 aliphatic carbocycles. The lowest BCUT2D eigenvalue weighted by atomic mass is 10.0. The molecule has 20 heavy (non-hydrogen) atoms. The molecule has 0 saturated heterocycles. The lowest BCUT2D eigenvalue weighted by Crippen LogP contribution is -2.18. The number of para-hydroxylation sites is 1. The average Bonchev–Trinajstić information content (AvgIpc) is 2.49. The van der Waals surface area contributed by atoms with Gasteiger partial charge < -0.3 is 9.47 Å². The number of ketones is 1. The Labute approximate surface area is 117 Å². The monoisotopic (exact) mass is 269 g/mol. The Bertz CT molecular complexity index is 652. The third-order valence-corrected chi connectivity index (χ3v) is 3.31. The molecule has 3 rings (SSSR count). The Hall–Kier alpha value is -2.36. The maximum absolute atomic E-state index is 12.5. The Morgan fingerprint density at radius 2 is 2.05 bits per heavy atom. The molecule has 0 fully saturated rings. The minimum atomic E-state index is -0.00542. The predicted molar refractivity (Wildman–Crippen MR) is 74.4 cm³/mol. The molecule has 0 unspecified atom stereocenters. The fraction of sp³-hybridized carbons (Fsp3) is 0.250. The highest BCUT2D eigenvalue weighted by Gasteiger charge is 2.20. The van der Waals surface area contributed by atoms with Crippen molar-refractivity contribution in [2.75, 3.05) is 13.2 Å². The molecule has 0 atom stereocenters. The van der Waals surface area contributed by atoms with Crippen LogP contribution in [0.1, 0.15) is 21.6 Å². The smallest absolute Gasteiger partial charge is 0.172 e. The number of aryl methyl sites for hydroxylation is 1. The molecule has 0 radical (unpaired) electrons. The fourth-order valence-electron chi connectivity index (χ4n) is 2.24. The molecular weight excluding hydrogens is 254 g/mol. The van der Waals surface area contributed by atoms with Crippen molar-refractivity contribution in [2.24, 2.45) is 0 Å². The minimum Gasteiger partial charge on any atom is -0.486 e. The molecule has 0 N–H and O–H groups in total. The highest BCUT2D eigenvalue weighted by Crippen LogP contribution is 2.34. The first-order chi connectivity index (χ1) is 9.75. The second-order valence-corrected chi connectivity index (χ2v) is 4.70. The Morgan fingerprint density at radius 1 is 1.20 bits per heavy atom. The van der Waals surface area contributed by atoms with Crippen LogP contribution in [0.3, 0.4) is 0 Å². The Morgan fingerprint density at radius 3 is 2.90 bits per heavy atom. The van der Waals surface area contributed by atoms with E-state index in [0.717, 1.165) is 11.3 Å². The van der Waals surface area contributed by atoms with E-state index >= 15 is 0 Å². The lowest BCUT2D eigenvalue weighted by Gasteiger charge is -2.20. The molecule has 0 spiro atoms. The molecule has 2 heterocycles. The standard InChI is InChI=1S/C16H15NO3/c1-11-4-3-7-17-13(11)10-14(18)12-5-2-6-15-16(12)20-9-8-19-15/h2-7H,8-10H2,1H3. The number of ether oxygens (including phenoxy) is 2. The summed E-state index contributed by atoms with van der Waals surface area (Å²) in [5, 5.41) is 0. The zero-order valence-electron chi connectivity index (χ0n) is 11.3. The van der Waals surface area contributed by atoms with Crippen molar-refractivity contribution in [1.29, 1.82) is 0 Å². The number of Topliss-reactive ketones (excluding diaryl/α,β-unsaturated/α-hetero) is 1. The second kappa shape index (κ2) is 5.33. The largest absolute Gasteiger partial charge is 0.486 e. The van der Waals surface area contributed by atoms with Crippen LogP contribution in [0.25, 0.3) is 0 Å². The highest BCUT2D eigenvalue weighted by molar-refractivity contribution is 6.00. The summed E-state index contributed by atoms with van der Waals surface area (Å²) in [5.41, 5.74) is 2.38. The quantitative estimate of drug-likeness (QED) is 0.804. The van der Waals surface area contributed by atoms with Gasteiger partial charge in [0, 0.05) is 6.20 Å². The molecule has 1 aromatic heterocycles. The van der Waals surface area contributed by atoms with E-state index < -0.39 is 0 Å². The van der Waals surface area contributed by atoms with Gasteiger partial charge in [-0.1, -0.05) is 12.1 Å². The fourth-order valence-corrected chi connectivity index (χ4v) is 2.24. The van der Waals surface area contributed by atoms with Crippen molar-refractivity contribution < 1.29 is 14.3 Å². The average molecular weight is 269 g/mol. The molecular formula is C16H15NO3. The van der Waals surface area contributed by atoms with Crippen LogP contribution in [0, 0.1) is 6.92 Å². The number of fused-ring (bicyclic) bond motifs is 1. The number of carbonyl (C=O) groups excluding carboxylic acids is 1. The summed E-state index contributed by atoms with van der Waals surface area (Å²) < 4.78 is 11.1. The number of nitrogens with zero attached hydrogens (tertiary/aromatic N) is 1. The van der Waals surface area contributed by atoms with Crippen LogP contribution in [-0.2, 0) is 6.42 Å². The number of aromatic nitrogens is 1. The number of hydrogen-bond donors (Lipinski definition) is 0. The minimum absolute atomic E-state index is 0.00542. The molecule has 1 aromatic carbocycles. The molecule has 1 aliphatic heterocycles. The molecule has 1 aliphatic rings. The van der Waals surface area contributed by atoms with Crippen LogP contribution in [0.4, 0.5) is 0 Å². The van der Waals surface area contributed by atoms with E-state index in [0.29, 0.717) is 30.3 Å². The second-order valence-electron chi connectivity index (χ2n) is 4.70. The van der Waals surface area contributed by atoms with Gasteiger partial charge in [0.25, 0.3) is 0 Å². The topological polar surface area (TPSA) is 48.4 Å². The van der Waals surface area contributed by atoms with Gasteiger partial charge in [0.15, 0.2) is 17.3 Å². The maximum atomic E-state index is 12.5. The van der Waals surface area contributed by atoms with Crippen LogP contribution in [0.2, 0.25) is 0 Å². The van der Waals surface area contributed by atoms with Gasteiger partial charge in [-0.2, -0.15) is 0 Å². The SMILES string of the molecule is Cc1cccnc1CC(=O)c1cccc2c1OCCO2. The third-order valence-electron chi connectivity index (χ3n) is 3.31. The lowest BCUT2D eigenvalue weighted by molar-refractivity contribution is 0.0980. The summed E-state index contributed by atoms with van der Waals surface area (Å²) in [5.74, 6) is 1.19. The van der Waals surface area contributed by atoms with Crippen LogP contribution < -0.4 is 9.47 Å². The van der Waals surface area contributed by atoms with Gasteiger partial charge in [-0.25, -0.2) is 0 Å². The van der Waals surface area contributed by atoms with Crippen molar-refractivity contribution in [3.63, 3.8) is 0 Å². The van der Waals surface area contributed by atoms with E-state index in [-0.39, 0.29) is 12.2 Å². The van der Waals surface area contributed by atoms with Crippen molar-refractivity contribution in [2.45, 2.75) is 13.3 Å². The van der Waals surface area contributed by atoms with Crippen molar-refractivity contribution >= 4 is 5.78 Å².